The van der Waals surface area contributed by atoms with Gasteiger partial charge in [0.15, 0.2) is 0 Å². The molecule has 0 amide bonds. The van der Waals surface area contributed by atoms with Gasteiger partial charge in [0.2, 0.25) is 0 Å². The predicted octanol–water partition coefficient (Wildman–Crippen LogP) is 7.01. The largest absolute Gasteiger partial charge is 0.299 e. The molecule has 2 atom stereocenters. The summed E-state index contributed by atoms with van der Waals surface area (Å²) < 4.78 is 0. The van der Waals surface area contributed by atoms with Gasteiger partial charge >= 0.3 is 0 Å². The van der Waals surface area contributed by atoms with Gasteiger partial charge in [-0.25, -0.2) is 0 Å². The van der Waals surface area contributed by atoms with Gasteiger partial charge in [-0.05, 0) is 78.6 Å². The highest BCUT2D eigenvalue weighted by molar-refractivity contribution is 6.08. The minimum atomic E-state index is -0.831. The monoisotopic (exact) mass is 372 g/mol. The van der Waals surface area contributed by atoms with Crippen LogP contribution in [0, 0.1) is 16.7 Å². The Hall–Kier alpha value is -1.44. The number of carbonyl (C=O) groups excluding carboxylic acids is 2. The Morgan fingerprint density at radius 2 is 1.52 bits per heavy atom. The molecule has 0 aliphatic heterocycles. The van der Waals surface area contributed by atoms with E-state index in [1.54, 1.807) is 0 Å². The topological polar surface area (TPSA) is 34.1 Å². The lowest BCUT2D eigenvalue weighted by Crippen LogP contribution is -2.49. The molecule has 0 aromatic rings. The summed E-state index contributed by atoms with van der Waals surface area (Å²) in [5.41, 5.74) is 2.80. The fourth-order valence-electron chi connectivity index (χ4n) is 4.01. The van der Waals surface area contributed by atoms with Crippen LogP contribution in [-0.2, 0) is 9.59 Å². The molecule has 2 heteroatoms. The van der Waals surface area contributed by atoms with E-state index in [4.69, 9.17) is 0 Å². The number of hydrogen-bond donors (Lipinski definition) is 0. The zero-order chi connectivity index (χ0) is 20.8. The van der Waals surface area contributed by atoms with Crippen LogP contribution in [0.3, 0.4) is 0 Å². The SMILES string of the molecule is CC(C)=CCCC(=O)[C@@]1(CC=C(C)C)C[C@@H](CC=C(C)C)C(C)(C)CC1=O. The molecule has 2 nitrogen and oxygen atoms in total. The highest BCUT2D eigenvalue weighted by Crippen LogP contribution is 2.51. The molecule has 0 unspecified atom stereocenters. The lowest BCUT2D eigenvalue weighted by Gasteiger charge is -2.46. The quantitative estimate of drug-likeness (QED) is 0.339. The molecule has 0 aromatic heterocycles. The summed E-state index contributed by atoms with van der Waals surface area (Å²) in [6, 6.07) is 0. The van der Waals surface area contributed by atoms with Gasteiger partial charge in [-0.2, -0.15) is 0 Å². The van der Waals surface area contributed by atoms with E-state index in [9.17, 15) is 9.59 Å². The summed E-state index contributed by atoms with van der Waals surface area (Å²) in [7, 11) is 0. The van der Waals surface area contributed by atoms with Crippen molar-refractivity contribution >= 4 is 11.6 Å². The average Bonchev–Trinajstić information content (AvgIpc) is 2.51. The number of ketones is 2. The molecule has 0 radical (unpaired) electrons. The summed E-state index contributed by atoms with van der Waals surface area (Å²) in [4.78, 5) is 26.6. The van der Waals surface area contributed by atoms with E-state index in [0.29, 0.717) is 31.6 Å². The highest BCUT2D eigenvalue weighted by Gasteiger charge is 2.52. The Balaban J connectivity index is 3.23. The molecule has 0 saturated heterocycles. The summed E-state index contributed by atoms with van der Waals surface area (Å²) in [6.07, 6.45) is 10.3. The average molecular weight is 373 g/mol. The molecule has 0 heterocycles. The first kappa shape index (κ1) is 23.6. The van der Waals surface area contributed by atoms with Crippen molar-refractivity contribution in [3.63, 3.8) is 0 Å². The van der Waals surface area contributed by atoms with E-state index in [1.807, 2.05) is 27.7 Å². The van der Waals surface area contributed by atoms with Crippen LogP contribution in [-0.4, -0.2) is 11.6 Å². The smallest absolute Gasteiger partial charge is 0.147 e. The van der Waals surface area contributed by atoms with Gasteiger partial charge in [-0.1, -0.05) is 48.8 Å². The fourth-order valence-corrected chi connectivity index (χ4v) is 4.01. The number of rotatable bonds is 8. The summed E-state index contributed by atoms with van der Waals surface area (Å²) in [6.45, 7) is 16.8. The maximum atomic E-state index is 13.3. The van der Waals surface area contributed by atoms with Crippen LogP contribution >= 0.6 is 0 Å². The Morgan fingerprint density at radius 3 is 2.04 bits per heavy atom. The number of hydrogen-bond acceptors (Lipinski definition) is 2. The molecule has 1 saturated carbocycles. The fraction of sp³-hybridized carbons (Fsp3) is 0.680. The van der Waals surface area contributed by atoms with Crippen molar-refractivity contribution in [2.75, 3.05) is 0 Å². The van der Waals surface area contributed by atoms with Crippen LogP contribution in [0.25, 0.3) is 0 Å². The standard InChI is InChI=1S/C25H40O2/c1-18(2)10-9-11-22(26)25(15-14-20(5)6)16-21(13-12-19(3)4)24(7,8)17-23(25)27/h10,12,14,21H,9,11,13,15-17H2,1-8H3/t21-,25-/m1/s1. The third-order valence-electron chi connectivity index (χ3n) is 5.98. The molecule has 152 valence electrons. The molecule has 0 spiro atoms. The van der Waals surface area contributed by atoms with E-state index in [2.05, 4.69) is 45.9 Å². The van der Waals surface area contributed by atoms with E-state index < -0.39 is 5.41 Å². The van der Waals surface area contributed by atoms with E-state index in [1.165, 1.54) is 16.7 Å². The first-order valence-corrected chi connectivity index (χ1v) is 10.4. The van der Waals surface area contributed by atoms with Crippen LogP contribution in [0.4, 0.5) is 0 Å². The first-order valence-electron chi connectivity index (χ1n) is 10.4. The molecule has 0 N–H and O–H groups in total. The van der Waals surface area contributed by atoms with Crippen molar-refractivity contribution in [2.45, 2.75) is 93.9 Å². The Kier molecular flexibility index (Phi) is 8.45. The molecular weight excluding hydrogens is 332 g/mol. The minimum Gasteiger partial charge on any atom is -0.299 e. The van der Waals surface area contributed by atoms with Gasteiger partial charge in [-0.15, -0.1) is 0 Å². The zero-order valence-corrected chi connectivity index (χ0v) is 18.9. The maximum absolute atomic E-state index is 13.3. The van der Waals surface area contributed by atoms with Crippen molar-refractivity contribution in [2.24, 2.45) is 16.7 Å². The Labute approximate surface area is 167 Å². The Morgan fingerprint density at radius 1 is 0.963 bits per heavy atom. The third-order valence-corrected chi connectivity index (χ3v) is 5.98. The van der Waals surface area contributed by atoms with Crippen molar-refractivity contribution in [3.8, 4) is 0 Å². The molecule has 1 aliphatic rings. The number of carbonyl (C=O) groups is 2. The normalized spacial score (nSPS) is 24.1. The van der Waals surface area contributed by atoms with Crippen LogP contribution in [0.2, 0.25) is 0 Å². The first-order chi connectivity index (χ1) is 12.4. The minimum absolute atomic E-state index is 0.0578. The molecule has 1 aliphatic carbocycles. The molecule has 1 fully saturated rings. The molecule has 27 heavy (non-hydrogen) atoms. The predicted molar refractivity (Wildman–Crippen MR) is 116 cm³/mol. The molecule has 1 rings (SSSR count). The van der Waals surface area contributed by atoms with Gasteiger partial charge in [0.05, 0.1) is 5.41 Å². The zero-order valence-electron chi connectivity index (χ0n) is 18.9. The van der Waals surface area contributed by atoms with Crippen LogP contribution in [0.5, 0.6) is 0 Å². The second-order valence-electron chi connectivity index (χ2n) is 9.82. The van der Waals surface area contributed by atoms with Crippen LogP contribution in [0.1, 0.15) is 93.9 Å². The van der Waals surface area contributed by atoms with Crippen molar-refractivity contribution < 1.29 is 9.59 Å². The number of allylic oxidation sites excluding steroid dienone is 6. The second kappa shape index (κ2) is 9.66. The van der Waals surface area contributed by atoms with Gasteiger partial charge < -0.3 is 0 Å². The van der Waals surface area contributed by atoms with Gasteiger partial charge in [0, 0.05) is 12.8 Å². The van der Waals surface area contributed by atoms with Crippen LogP contribution in [0.15, 0.2) is 34.9 Å². The van der Waals surface area contributed by atoms with Crippen molar-refractivity contribution in [1.82, 2.24) is 0 Å². The Bertz CT molecular complexity index is 633. The van der Waals surface area contributed by atoms with Gasteiger partial charge in [0.25, 0.3) is 0 Å². The lowest BCUT2D eigenvalue weighted by molar-refractivity contribution is -0.149. The van der Waals surface area contributed by atoms with E-state index in [0.717, 1.165) is 12.8 Å². The summed E-state index contributed by atoms with van der Waals surface area (Å²) in [5.74, 6) is 0.643. The summed E-state index contributed by atoms with van der Waals surface area (Å²) >= 11 is 0. The maximum Gasteiger partial charge on any atom is 0.147 e. The van der Waals surface area contributed by atoms with Crippen molar-refractivity contribution in [3.05, 3.63) is 34.9 Å². The third kappa shape index (κ3) is 6.59. The lowest BCUT2D eigenvalue weighted by atomic mass is 9.55. The van der Waals surface area contributed by atoms with Gasteiger partial charge in [0.1, 0.15) is 11.6 Å². The van der Waals surface area contributed by atoms with Gasteiger partial charge in [-0.3, -0.25) is 9.59 Å². The van der Waals surface area contributed by atoms with Crippen molar-refractivity contribution in [1.29, 1.82) is 0 Å². The summed E-state index contributed by atoms with van der Waals surface area (Å²) in [5, 5.41) is 0. The molecule has 0 aromatic carbocycles. The van der Waals surface area contributed by atoms with E-state index in [-0.39, 0.29) is 17.0 Å². The number of Topliss-reactive ketones (excluding diaryl/α,β-unsaturated/α-hetero) is 2. The molecular formula is C25H40O2. The second-order valence-corrected chi connectivity index (χ2v) is 9.82. The molecule has 0 bridgehead atoms. The van der Waals surface area contributed by atoms with E-state index >= 15 is 0 Å². The highest BCUT2D eigenvalue weighted by atomic mass is 16.2. The van der Waals surface area contributed by atoms with Crippen LogP contribution < -0.4 is 0 Å².